The highest BCUT2D eigenvalue weighted by Gasteiger charge is 2.11. The lowest BCUT2D eigenvalue weighted by Crippen LogP contribution is -2.07. The van der Waals surface area contributed by atoms with Gasteiger partial charge in [-0.05, 0) is 35.4 Å². The second kappa shape index (κ2) is 4.42. The minimum absolute atomic E-state index is 0.233. The van der Waals surface area contributed by atoms with Crippen molar-refractivity contribution in [2.75, 3.05) is 5.32 Å². The quantitative estimate of drug-likeness (QED) is 0.784. The number of anilines is 1. The highest BCUT2D eigenvalue weighted by Crippen LogP contribution is 2.24. The van der Waals surface area contributed by atoms with E-state index in [1.54, 1.807) is 11.3 Å². The van der Waals surface area contributed by atoms with E-state index in [1.165, 1.54) is 5.56 Å². The van der Waals surface area contributed by atoms with Gasteiger partial charge in [0.2, 0.25) is 0 Å². The average molecular weight is 258 g/mol. The van der Waals surface area contributed by atoms with Crippen LogP contribution in [-0.2, 0) is 7.05 Å². The third-order valence-corrected chi connectivity index (χ3v) is 3.74. The van der Waals surface area contributed by atoms with Crippen molar-refractivity contribution in [3.63, 3.8) is 0 Å². The van der Waals surface area contributed by atoms with E-state index in [1.807, 2.05) is 30.2 Å². The van der Waals surface area contributed by atoms with Crippen molar-refractivity contribution in [2.24, 2.45) is 7.05 Å². The summed E-state index contributed by atoms with van der Waals surface area (Å²) in [5, 5.41) is 7.65. The summed E-state index contributed by atoms with van der Waals surface area (Å²) in [6.07, 6.45) is 3.62. The Labute approximate surface area is 109 Å². The summed E-state index contributed by atoms with van der Waals surface area (Å²) in [6.45, 7) is 2.13. The molecule has 4 nitrogen and oxygen atoms in total. The predicted octanol–water partition coefficient (Wildman–Crippen LogP) is 3.20. The second-order valence-electron chi connectivity index (χ2n) is 4.31. The van der Waals surface area contributed by atoms with E-state index >= 15 is 0 Å². The van der Waals surface area contributed by atoms with Crippen molar-refractivity contribution >= 4 is 28.2 Å². The molecule has 1 atom stereocenters. The minimum atomic E-state index is 0.233. The van der Waals surface area contributed by atoms with E-state index in [2.05, 4.69) is 39.0 Å². The van der Waals surface area contributed by atoms with Crippen LogP contribution in [0, 0.1) is 0 Å². The molecule has 0 amide bonds. The first kappa shape index (κ1) is 11.2. The van der Waals surface area contributed by atoms with Crippen LogP contribution in [0.4, 0.5) is 5.82 Å². The number of nitrogens with one attached hydrogen (secondary N) is 1. The monoisotopic (exact) mass is 258 g/mol. The molecule has 92 valence electrons. The first-order valence-electron chi connectivity index (χ1n) is 5.80. The number of hydrogen-bond donors (Lipinski definition) is 1. The van der Waals surface area contributed by atoms with Crippen LogP contribution in [0.1, 0.15) is 18.5 Å². The van der Waals surface area contributed by atoms with Gasteiger partial charge in [0.05, 0.1) is 17.9 Å². The highest BCUT2D eigenvalue weighted by molar-refractivity contribution is 7.07. The van der Waals surface area contributed by atoms with Gasteiger partial charge in [0.25, 0.3) is 0 Å². The van der Waals surface area contributed by atoms with Crippen molar-refractivity contribution in [2.45, 2.75) is 13.0 Å². The van der Waals surface area contributed by atoms with Crippen LogP contribution in [-0.4, -0.2) is 14.5 Å². The zero-order chi connectivity index (χ0) is 12.5. The van der Waals surface area contributed by atoms with E-state index in [0.717, 1.165) is 16.9 Å². The molecule has 3 rings (SSSR count). The van der Waals surface area contributed by atoms with E-state index in [0.29, 0.717) is 0 Å². The van der Waals surface area contributed by atoms with E-state index in [9.17, 15) is 0 Å². The second-order valence-corrected chi connectivity index (χ2v) is 5.09. The Hall–Kier alpha value is -1.88. The van der Waals surface area contributed by atoms with Crippen molar-refractivity contribution in [1.29, 1.82) is 0 Å². The molecule has 3 aromatic heterocycles. The fraction of sp³-hybridized carbons (Fsp3) is 0.231. The number of pyridine rings is 1. The number of thiophene rings is 1. The summed E-state index contributed by atoms with van der Waals surface area (Å²) in [4.78, 5) is 8.78. The average Bonchev–Trinajstić information content (AvgIpc) is 3.00. The van der Waals surface area contributed by atoms with Gasteiger partial charge in [-0.3, -0.25) is 0 Å². The van der Waals surface area contributed by atoms with Gasteiger partial charge >= 0.3 is 0 Å². The molecule has 0 spiro atoms. The highest BCUT2D eigenvalue weighted by atomic mass is 32.1. The van der Waals surface area contributed by atoms with Crippen molar-refractivity contribution < 1.29 is 0 Å². The molecule has 18 heavy (non-hydrogen) atoms. The summed E-state index contributed by atoms with van der Waals surface area (Å²) < 4.78 is 2.00. The van der Waals surface area contributed by atoms with E-state index in [-0.39, 0.29) is 6.04 Å². The molecule has 0 saturated carbocycles. The first-order chi connectivity index (χ1) is 8.75. The molecule has 0 aliphatic heterocycles. The Morgan fingerprint density at radius 3 is 3.00 bits per heavy atom. The Balaban J connectivity index is 1.95. The fourth-order valence-corrected chi connectivity index (χ4v) is 2.73. The summed E-state index contributed by atoms with van der Waals surface area (Å²) in [7, 11) is 1.99. The van der Waals surface area contributed by atoms with Crippen LogP contribution in [0.5, 0.6) is 0 Å². The molecule has 0 fully saturated rings. The normalized spacial score (nSPS) is 12.8. The molecular weight excluding hydrogens is 244 g/mol. The van der Waals surface area contributed by atoms with Gasteiger partial charge in [0.1, 0.15) is 5.52 Å². The third kappa shape index (κ3) is 1.86. The molecule has 1 unspecified atom stereocenters. The Bertz CT molecular complexity index is 657. The maximum absolute atomic E-state index is 4.39. The lowest BCUT2D eigenvalue weighted by Gasteiger charge is -2.13. The molecular formula is C13H14N4S. The first-order valence-corrected chi connectivity index (χ1v) is 6.74. The summed E-state index contributed by atoms with van der Waals surface area (Å²) in [6, 6.07) is 4.33. The Morgan fingerprint density at radius 1 is 1.33 bits per heavy atom. The van der Waals surface area contributed by atoms with Crippen LogP contribution >= 0.6 is 11.3 Å². The molecule has 0 aromatic carbocycles. The number of imidazole rings is 1. The number of aryl methyl sites for hydroxylation is 1. The lowest BCUT2D eigenvalue weighted by atomic mass is 10.2. The van der Waals surface area contributed by atoms with Gasteiger partial charge in [-0.25, -0.2) is 9.97 Å². The van der Waals surface area contributed by atoms with Gasteiger partial charge in [-0.2, -0.15) is 11.3 Å². The minimum Gasteiger partial charge on any atom is -0.362 e. The number of fused-ring (bicyclic) bond motifs is 1. The smallest absolute Gasteiger partial charge is 0.154 e. The summed E-state index contributed by atoms with van der Waals surface area (Å²) in [5.74, 6) is 0.840. The topological polar surface area (TPSA) is 42.7 Å². The SMILES string of the molecule is CC(Nc1nccc2c1ncn2C)c1ccsc1. The van der Waals surface area contributed by atoms with Gasteiger partial charge in [-0.1, -0.05) is 0 Å². The van der Waals surface area contributed by atoms with Crippen molar-refractivity contribution in [3.8, 4) is 0 Å². The molecule has 0 saturated heterocycles. The number of hydrogen-bond acceptors (Lipinski definition) is 4. The number of aromatic nitrogens is 3. The molecule has 0 aliphatic rings. The molecule has 0 radical (unpaired) electrons. The standard InChI is InChI=1S/C13H14N4S/c1-9(10-4-6-18-7-10)16-13-12-11(3-5-14-13)17(2)8-15-12/h3-9H,1-2H3,(H,14,16). The van der Waals surface area contributed by atoms with Crippen molar-refractivity contribution in [3.05, 3.63) is 41.0 Å². The number of nitrogens with zero attached hydrogens (tertiary/aromatic N) is 3. The van der Waals surface area contributed by atoms with Crippen LogP contribution in [0.3, 0.4) is 0 Å². The van der Waals surface area contributed by atoms with Gasteiger partial charge in [-0.15, -0.1) is 0 Å². The molecule has 0 bridgehead atoms. The predicted molar refractivity (Wildman–Crippen MR) is 74.9 cm³/mol. The van der Waals surface area contributed by atoms with Gasteiger partial charge < -0.3 is 9.88 Å². The van der Waals surface area contributed by atoms with Crippen LogP contribution in [0.25, 0.3) is 11.0 Å². The zero-order valence-corrected chi connectivity index (χ0v) is 11.1. The van der Waals surface area contributed by atoms with Gasteiger partial charge in [0, 0.05) is 13.2 Å². The van der Waals surface area contributed by atoms with Crippen LogP contribution in [0.15, 0.2) is 35.4 Å². The Morgan fingerprint density at radius 2 is 2.22 bits per heavy atom. The maximum Gasteiger partial charge on any atom is 0.154 e. The third-order valence-electron chi connectivity index (χ3n) is 3.04. The molecule has 1 N–H and O–H groups in total. The van der Waals surface area contributed by atoms with Gasteiger partial charge in [0.15, 0.2) is 5.82 Å². The molecule has 3 heterocycles. The van der Waals surface area contributed by atoms with E-state index < -0.39 is 0 Å². The number of rotatable bonds is 3. The molecule has 0 aliphatic carbocycles. The van der Waals surface area contributed by atoms with Crippen LogP contribution < -0.4 is 5.32 Å². The summed E-state index contributed by atoms with van der Waals surface area (Å²) >= 11 is 1.71. The molecule has 5 heteroatoms. The Kier molecular flexibility index (Phi) is 2.76. The summed E-state index contributed by atoms with van der Waals surface area (Å²) in [5.41, 5.74) is 3.28. The van der Waals surface area contributed by atoms with Crippen molar-refractivity contribution in [1.82, 2.24) is 14.5 Å². The maximum atomic E-state index is 4.39. The zero-order valence-electron chi connectivity index (χ0n) is 10.3. The molecule has 3 aromatic rings. The lowest BCUT2D eigenvalue weighted by molar-refractivity contribution is 0.882. The largest absolute Gasteiger partial charge is 0.362 e. The fourth-order valence-electron chi connectivity index (χ4n) is 1.98. The van der Waals surface area contributed by atoms with Crippen LogP contribution in [0.2, 0.25) is 0 Å². The van der Waals surface area contributed by atoms with E-state index in [4.69, 9.17) is 0 Å².